The Bertz CT molecular complexity index is 6390. The molecule has 6 N–H and O–H groups in total. The number of aromatic nitrogens is 3. The highest BCUT2D eigenvalue weighted by molar-refractivity contribution is 7.99. The fourth-order valence-corrected chi connectivity index (χ4v) is 15.0. The molecule has 0 aliphatic heterocycles. The van der Waals surface area contributed by atoms with Crippen molar-refractivity contribution in [2.75, 3.05) is 13.2 Å². The lowest BCUT2D eigenvalue weighted by molar-refractivity contribution is -0.138. The maximum atomic E-state index is 11.8. The molecule has 0 aliphatic rings. The number of hydrogen-bond donors (Lipinski definition) is 6. The van der Waals surface area contributed by atoms with E-state index in [-0.39, 0.29) is 61.8 Å². The Hall–Kier alpha value is -12.4. The first kappa shape index (κ1) is 97.8. The molecule has 12 aromatic carbocycles. The molecule has 0 unspecified atom stereocenters. The molecule has 3 heterocycles. The van der Waals surface area contributed by atoms with E-state index in [0.29, 0.717) is 147 Å². The van der Waals surface area contributed by atoms with Crippen molar-refractivity contribution in [3.63, 3.8) is 0 Å². The number of aromatic hydroxyl groups is 1. The standard InChI is InChI=1S/C22H15Cl2NO3S.C18H15Cl2N3O3.C18H15Cl2NO3.C16H11Cl2NO3.C14H10Cl2O2.C7H6O2/c23-17-7-4-8-18(24)16(17)12-28-13-9-10-15-19(11-13)25-20(22(26)27)21(15)29-14-5-2-1-3-6-14;1-2-25-18(24)17(22-23-21)10-12-6-8-13(9-7-12)26-11-14-15(19)4-3-5-16(14)20;1-2-23-18(22)17-8-11-6-7-12(9-16(11)21-17)24-10-13-14(19)4-3-5-15(13)20;17-12-2-1-3-13(18)11(12)8-22-10-5-4-9-6-15(16(20)21)19-14(9)7-10;15-13-2-1-3-14(16)12(13)9-18-11-6-4-10(8-17)5-7-11;8-5-6-1-3-7(9)4-2-6/h1-11,25H,12H2,(H,26,27);3-10H,2,11H2,1H3;3-9,21H,2,10H2,1H3;1-7,19H,8H2,(H,20,21);1-8H,9H2;1-5,9H. The first-order valence-corrected chi connectivity index (χ1v) is 42.7. The highest BCUT2D eigenvalue weighted by atomic mass is 35.5. The molecule has 0 amide bonds. The van der Waals surface area contributed by atoms with Gasteiger partial charge in [0, 0.05) is 144 Å². The Kier molecular flexibility index (Phi) is 37.5. The summed E-state index contributed by atoms with van der Waals surface area (Å²) < 4.78 is 38.4. The van der Waals surface area contributed by atoms with Crippen molar-refractivity contribution < 1.29 is 77.2 Å². The van der Waals surface area contributed by atoms with Crippen LogP contribution in [0.15, 0.2) is 281 Å². The fraction of sp³-hybridized carbons (Fsp3) is 0.0947. The monoisotopic (exact) mass is 1930 g/mol. The number of aromatic carboxylic acids is 2. The molecule has 0 fully saturated rings. The lowest BCUT2D eigenvalue weighted by atomic mass is 10.2. The van der Waals surface area contributed by atoms with Crippen LogP contribution >= 0.6 is 128 Å². The van der Waals surface area contributed by atoms with Crippen molar-refractivity contribution in [1.82, 2.24) is 15.0 Å². The van der Waals surface area contributed by atoms with E-state index in [1.165, 1.54) is 30.0 Å². The van der Waals surface area contributed by atoms with Gasteiger partial charge in [0.05, 0.1) is 23.6 Å². The van der Waals surface area contributed by atoms with E-state index in [1.807, 2.05) is 60.7 Å². The normalized spacial score (nSPS) is 10.6. The first-order chi connectivity index (χ1) is 61.7. The predicted molar refractivity (Wildman–Crippen MR) is 505 cm³/mol. The summed E-state index contributed by atoms with van der Waals surface area (Å²) in [7, 11) is 0. The molecular weight excluding hydrogens is 1870 g/mol. The number of H-pyrrole nitrogens is 3. The Morgan fingerprint density at radius 3 is 1.12 bits per heavy atom. The topological polar surface area (TPSA) is 324 Å². The summed E-state index contributed by atoms with van der Waals surface area (Å²) in [4.78, 5) is 79.9. The molecular formula is C95H72Cl10N6O16S. The third-order valence-corrected chi connectivity index (χ3v) is 22.6. The number of hydrogen-bond acceptors (Lipinski definition) is 16. The zero-order valence-corrected chi connectivity index (χ0v) is 75.6. The zero-order chi connectivity index (χ0) is 91.8. The summed E-state index contributed by atoms with van der Waals surface area (Å²) >= 11 is 62.5. The quantitative estimate of drug-likeness (QED) is 0.00696. The summed E-state index contributed by atoms with van der Waals surface area (Å²) in [5.41, 5.74) is 16.8. The van der Waals surface area contributed by atoms with Gasteiger partial charge in [0.15, 0.2) is 0 Å². The number of ether oxygens (including phenoxy) is 7. The molecule has 0 saturated carbocycles. The van der Waals surface area contributed by atoms with Crippen molar-refractivity contribution in [3.05, 3.63) is 389 Å². The van der Waals surface area contributed by atoms with Gasteiger partial charge in [0.2, 0.25) is 0 Å². The van der Waals surface area contributed by atoms with Crippen LogP contribution < -0.4 is 23.7 Å². The Morgan fingerprint density at radius 2 is 0.750 bits per heavy atom. The van der Waals surface area contributed by atoms with Gasteiger partial charge in [-0.15, -0.1) is 0 Å². The van der Waals surface area contributed by atoms with Crippen LogP contribution in [0.5, 0.6) is 34.5 Å². The van der Waals surface area contributed by atoms with Crippen LogP contribution in [0.4, 0.5) is 0 Å². The maximum Gasteiger partial charge on any atom is 0.354 e. The van der Waals surface area contributed by atoms with Gasteiger partial charge in [-0.2, -0.15) is 0 Å². The number of halogens is 10. The first-order valence-electron chi connectivity index (χ1n) is 38.1. The molecule has 0 radical (unpaired) electrons. The summed E-state index contributed by atoms with van der Waals surface area (Å²) in [6.07, 6.45) is 2.96. The minimum absolute atomic E-state index is 0.120. The number of fused-ring (bicyclic) bond motifs is 3. The lowest BCUT2D eigenvalue weighted by Gasteiger charge is -2.09. The number of esters is 2. The second-order valence-corrected chi connectivity index (χ2v) is 31.7. The van der Waals surface area contributed by atoms with Crippen molar-refractivity contribution >= 4 is 203 Å². The van der Waals surface area contributed by atoms with Crippen molar-refractivity contribution in [3.8, 4) is 34.5 Å². The van der Waals surface area contributed by atoms with Gasteiger partial charge >= 0.3 is 23.9 Å². The van der Waals surface area contributed by atoms with Crippen LogP contribution in [0.3, 0.4) is 0 Å². The smallest absolute Gasteiger partial charge is 0.354 e. The van der Waals surface area contributed by atoms with Crippen LogP contribution in [0.25, 0.3) is 49.2 Å². The number of nitrogens with one attached hydrogen (secondary N) is 3. The number of carbonyl (C=O) groups excluding carboxylic acids is 4. The van der Waals surface area contributed by atoms with E-state index in [4.69, 9.17) is 165 Å². The van der Waals surface area contributed by atoms with Crippen molar-refractivity contribution in [1.29, 1.82) is 0 Å². The van der Waals surface area contributed by atoms with E-state index in [2.05, 4.69) is 25.0 Å². The van der Waals surface area contributed by atoms with Crippen LogP contribution in [-0.2, 0) is 47.3 Å². The van der Waals surface area contributed by atoms with Crippen LogP contribution in [0.1, 0.15) is 99.4 Å². The number of azide groups is 1. The number of carboxylic acid groups (broad SMARTS) is 2. The van der Waals surface area contributed by atoms with Gasteiger partial charge in [-0.05, 0) is 213 Å². The van der Waals surface area contributed by atoms with Crippen molar-refractivity contribution in [2.24, 2.45) is 5.11 Å². The van der Waals surface area contributed by atoms with E-state index < -0.39 is 17.9 Å². The van der Waals surface area contributed by atoms with Crippen LogP contribution in [-0.4, -0.2) is 79.9 Å². The molecule has 0 aliphatic carbocycles. The van der Waals surface area contributed by atoms with E-state index in [0.717, 1.165) is 50.3 Å². The number of carbonyl (C=O) groups is 6. The second-order valence-electron chi connectivity index (χ2n) is 26.5. The van der Waals surface area contributed by atoms with Gasteiger partial charge in [-0.1, -0.05) is 194 Å². The number of rotatable bonds is 27. The molecule has 15 aromatic rings. The Balaban J connectivity index is 0.000000163. The molecule has 0 spiro atoms. The average Bonchev–Trinajstić information content (AvgIpc) is 1.63. The van der Waals surface area contributed by atoms with Crippen LogP contribution in [0, 0.1) is 0 Å². The Labute approximate surface area is 787 Å². The van der Waals surface area contributed by atoms with E-state index >= 15 is 0 Å². The third kappa shape index (κ3) is 28.5. The summed E-state index contributed by atoms with van der Waals surface area (Å²) in [5, 5.41) is 38.7. The highest BCUT2D eigenvalue weighted by Crippen LogP contribution is 2.40. The molecule has 128 heavy (non-hydrogen) atoms. The molecule has 0 atom stereocenters. The summed E-state index contributed by atoms with van der Waals surface area (Å²) in [6.45, 7) is 5.18. The lowest BCUT2D eigenvalue weighted by Crippen LogP contribution is -2.05. The predicted octanol–water partition coefficient (Wildman–Crippen LogP) is 28.3. The largest absolute Gasteiger partial charge is 0.508 e. The number of carboxylic acids is 2. The molecule has 654 valence electrons. The number of nitrogens with zero attached hydrogens (tertiary/aromatic N) is 3. The number of benzene rings is 12. The van der Waals surface area contributed by atoms with E-state index in [9.17, 15) is 33.9 Å². The third-order valence-electron chi connectivity index (χ3n) is 17.9. The molecule has 22 nitrogen and oxygen atoms in total. The second kappa shape index (κ2) is 49.1. The molecule has 0 bridgehead atoms. The van der Waals surface area contributed by atoms with Gasteiger partial charge in [0.25, 0.3) is 0 Å². The molecule has 0 saturated heterocycles. The van der Waals surface area contributed by atoms with Gasteiger partial charge in [-0.25, -0.2) is 19.2 Å². The van der Waals surface area contributed by atoms with Crippen LogP contribution in [0.2, 0.25) is 50.2 Å². The number of aldehydes is 2. The minimum atomic E-state index is -1.01. The van der Waals surface area contributed by atoms with Crippen molar-refractivity contribution in [2.45, 2.75) is 56.7 Å². The fourth-order valence-electron chi connectivity index (χ4n) is 11.5. The highest BCUT2D eigenvalue weighted by Gasteiger charge is 2.21. The summed E-state index contributed by atoms with van der Waals surface area (Å²) in [6, 6.07) is 75.5. The molecule has 3 aromatic heterocycles. The Morgan fingerprint density at radius 1 is 0.398 bits per heavy atom. The van der Waals surface area contributed by atoms with Gasteiger partial charge in [0.1, 0.15) is 103 Å². The maximum absolute atomic E-state index is 11.8. The minimum Gasteiger partial charge on any atom is -0.508 e. The van der Waals surface area contributed by atoms with Gasteiger partial charge in [-0.3, -0.25) is 9.59 Å². The molecule has 33 heteroatoms. The number of phenolic OH excluding ortho intramolecular Hbond substituents is 1. The number of aromatic amines is 3. The molecule has 15 rings (SSSR count). The SMILES string of the molecule is CCOC(=O)C(=Cc1ccc(OCc2c(Cl)cccc2Cl)cc1)N=[N+]=[N-].CCOC(=O)c1cc2ccc(OCc3c(Cl)cccc3Cl)cc2[nH]1.O=C(O)c1[nH]c2cc(OCc3c(Cl)cccc3Cl)ccc2c1Sc1ccccc1.O=C(O)c1cc2ccc(OCc3c(Cl)cccc3Cl)cc2[nH]1.O=Cc1ccc(O)cc1.O=Cc1ccc(OCc2c(Cl)cccc2Cl)cc1. The zero-order valence-electron chi connectivity index (χ0n) is 67.2. The summed E-state index contributed by atoms with van der Waals surface area (Å²) in [5.74, 6) is 0.210. The van der Waals surface area contributed by atoms with Gasteiger partial charge < -0.3 is 63.4 Å². The number of phenols is 1. The average molecular weight is 1940 g/mol. The van der Waals surface area contributed by atoms with E-state index in [1.54, 1.807) is 202 Å².